The second-order valence-electron chi connectivity index (χ2n) is 7.91. The summed E-state index contributed by atoms with van der Waals surface area (Å²) >= 11 is 0. The summed E-state index contributed by atoms with van der Waals surface area (Å²) in [4.78, 5) is 54.7. The largest absolute Gasteiger partial charge is 0.507 e. The molecule has 36 heavy (non-hydrogen) atoms. The lowest BCUT2D eigenvalue weighted by atomic mass is 9.98. The first-order valence-corrected chi connectivity index (χ1v) is 11.1. The number of carbonyl (C=O) groups is 3. The fourth-order valence-electron chi connectivity index (χ4n) is 3.87. The molecule has 2 aromatic carbocycles. The number of anilines is 1. The topological polar surface area (TPSA) is 140 Å². The van der Waals surface area contributed by atoms with Crippen LogP contribution in [0, 0.1) is 10.1 Å². The Balaban J connectivity index is 1.84. The van der Waals surface area contributed by atoms with E-state index in [0.717, 1.165) is 4.90 Å². The maximum absolute atomic E-state index is 13.2. The van der Waals surface area contributed by atoms with Crippen LogP contribution in [0.4, 0.5) is 11.4 Å². The molecule has 1 aliphatic rings. The van der Waals surface area contributed by atoms with Crippen LogP contribution in [-0.4, -0.2) is 39.3 Å². The number of nitro groups is 1. The van der Waals surface area contributed by atoms with Crippen LogP contribution in [0.25, 0.3) is 5.76 Å². The van der Waals surface area contributed by atoms with Crippen LogP contribution in [0.2, 0.25) is 0 Å². The highest BCUT2D eigenvalue weighted by molar-refractivity contribution is 6.51. The fraction of sp³-hybridized carbons (Fsp3) is 0.154. The third kappa shape index (κ3) is 4.56. The Kier molecular flexibility index (Phi) is 6.86. The summed E-state index contributed by atoms with van der Waals surface area (Å²) in [6, 6.07) is 14.9. The maximum Gasteiger partial charge on any atom is 0.338 e. The Morgan fingerprint density at radius 3 is 2.47 bits per heavy atom. The predicted molar refractivity (Wildman–Crippen MR) is 129 cm³/mol. The van der Waals surface area contributed by atoms with Gasteiger partial charge in [-0.2, -0.15) is 0 Å². The average Bonchev–Trinajstić information content (AvgIpc) is 3.17. The molecule has 4 rings (SSSR count). The monoisotopic (exact) mass is 487 g/mol. The van der Waals surface area contributed by atoms with E-state index in [1.54, 1.807) is 30.3 Å². The van der Waals surface area contributed by atoms with Crippen molar-refractivity contribution in [2.24, 2.45) is 0 Å². The molecule has 1 amide bonds. The fourth-order valence-corrected chi connectivity index (χ4v) is 3.87. The molecule has 182 valence electrons. The number of hydrogen-bond donors (Lipinski definition) is 1. The summed E-state index contributed by atoms with van der Waals surface area (Å²) in [7, 11) is 0. The predicted octanol–water partition coefficient (Wildman–Crippen LogP) is 4.18. The molecular weight excluding hydrogens is 466 g/mol. The zero-order valence-electron chi connectivity index (χ0n) is 19.2. The second-order valence-corrected chi connectivity index (χ2v) is 7.91. The number of carbonyl (C=O) groups excluding carboxylic acids is 3. The highest BCUT2D eigenvalue weighted by atomic mass is 16.6. The number of Topliss-reactive ketones (excluding diaryl/α,β-unsaturated/α-hetero) is 1. The average molecular weight is 487 g/mol. The normalized spacial score (nSPS) is 16.7. The van der Waals surface area contributed by atoms with Crippen LogP contribution in [0.15, 0.2) is 78.5 Å². The summed E-state index contributed by atoms with van der Waals surface area (Å²) < 4.78 is 5.18. The van der Waals surface area contributed by atoms with Crippen LogP contribution >= 0.6 is 0 Å². The van der Waals surface area contributed by atoms with Crippen LogP contribution in [0.3, 0.4) is 0 Å². The van der Waals surface area contributed by atoms with Gasteiger partial charge in [0.05, 0.1) is 28.4 Å². The van der Waals surface area contributed by atoms with E-state index in [1.807, 2.05) is 6.92 Å². The molecule has 1 N–H and O–H groups in total. The molecule has 1 fully saturated rings. The van der Waals surface area contributed by atoms with Crippen LogP contribution in [0.5, 0.6) is 0 Å². The first-order chi connectivity index (χ1) is 17.3. The van der Waals surface area contributed by atoms with Crippen molar-refractivity contribution in [1.29, 1.82) is 0 Å². The van der Waals surface area contributed by atoms with Gasteiger partial charge in [0.1, 0.15) is 11.8 Å². The zero-order valence-corrected chi connectivity index (χ0v) is 19.2. The molecule has 10 nitrogen and oxygen atoms in total. The van der Waals surface area contributed by atoms with Gasteiger partial charge in [0.2, 0.25) is 0 Å². The van der Waals surface area contributed by atoms with Gasteiger partial charge >= 0.3 is 5.97 Å². The Labute approximate surface area is 205 Å². The van der Waals surface area contributed by atoms with Crippen LogP contribution < -0.4 is 4.90 Å². The Morgan fingerprint density at radius 2 is 1.83 bits per heavy atom. The molecule has 2 heterocycles. The number of nitrogens with zero attached hydrogens (tertiary/aromatic N) is 3. The van der Waals surface area contributed by atoms with Crippen LogP contribution in [0.1, 0.15) is 41.0 Å². The number of aliphatic hydroxyl groups excluding tert-OH is 1. The van der Waals surface area contributed by atoms with Crippen molar-refractivity contribution in [3.8, 4) is 0 Å². The maximum atomic E-state index is 13.2. The molecule has 1 unspecified atom stereocenters. The van der Waals surface area contributed by atoms with Gasteiger partial charge in [-0.3, -0.25) is 29.6 Å². The highest BCUT2D eigenvalue weighted by Crippen LogP contribution is 2.41. The minimum absolute atomic E-state index is 0.122. The number of amides is 1. The number of rotatable bonds is 7. The number of aliphatic hydroxyl groups is 1. The molecule has 1 atom stereocenters. The molecule has 1 aliphatic heterocycles. The molecule has 0 radical (unpaired) electrons. The summed E-state index contributed by atoms with van der Waals surface area (Å²) in [5.74, 6) is -2.95. The van der Waals surface area contributed by atoms with Gasteiger partial charge in [-0.05, 0) is 48.9 Å². The zero-order chi connectivity index (χ0) is 25.8. The van der Waals surface area contributed by atoms with Crippen molar-refractivity contribution in [2.75, 3.05) is 11.5 Å². The molecule has 1 saturated heterocycles. The van der Waals surface area contributed by atoms with E-state index in [-0.39, 0.29) is 34.7 Å². The van der Waals surface area contributed by atoms with Gasteiger partial charge < -0.3 is 9.84 Å². The second kappa shape index (κ2) is 10.2. The highest BCUT2D eigenvalue weighted by Gasteiger charge is 2.47. The van der Waals surface area contributed by atoms with Gasteiger partial charge in [-0.15, -0.1) is 0 Å². The van der Waals surface area contributed by atoms with E-state index >= 15 is 0 Å². The number of ketones is 1. The number of benzene rings is 2. The van der Waals surface area contributed by atoms with Gasteiger partial charge in [0.25, 0.3) is 17.4 Å². The summed E-state index contributed by atoms with van der Waals surface area (Å²) in [6.45, 7) is 2.09. The number of ether oxygens (including phenoxy) is 1. The summed E-state index contributed by atoms with van der Waals surface area (Å²) in [5.41, 5.74) is 0.432. The lowest BCUT2D eigenvalue weighted by molar-refractivity contribution is -0.384. The minimum atomic E-state index is -1.11. The molecule has 0 spiro atoms. The first-order valence-electron chi connectivity index (χ1n) is 11.1. The van der Waals surface area contributed by atoms with Gasteiger partial charge in [0.15, 0.2) is 0 Å². The number of aromatic nitrogens is 1. The molecule has 1 aromatic heterocycles. The van der Waals surface area contributed by atoms with Crippen molar-refractivity contribution in [3.05, 3.63) is 105 Å². The van der Waals surface area contributed by atoms with E-state index in [1.165, 1.54) is 42.6 Å². The number of nitro benzene ring substituents is 1. The molecular formula is C26H21N3O7. The quantitative estimate of drug-likeness (QED) is 0.131. The summed E-state index contributed by atoms with van der Waals surface area (Å²) in [5, 5.41) is 22.1. The van der Waals surface area contributed by atoms with Gasteiger partial charge in [-0.1, -0.05) is 19.1 Å². The van der Waals surface area contributed by atoms with Gasteiger partial charge in [0, 0.05) is 29.6 Å². The third-order valence-corrected chi connectivity index (χ3v) is 5.56. The van der Waals surface area contributed by atoms with Crippen molar-refractivity contribution in [3.63, 3.8) is 0 Å². The Morgan fingerprint density at radius 1 is 1.08 bits per heavy atom. The van der Waals surface area contributed by atoms with Crippen molar-refractivity contribution >= 4 is 34.8 Å². The Bertz CT molecular complexity index is 1370. The molecule has 0 bridgehead atoms. The van der Waals surface area contributed by atoms with E-state index in [0.29, 0.717) is 12.1 Å². The molecule has 0 saturated carbocycles. The lowest BCUT2D eigenvalue weighted by Gasteiger charge is -2.25. The Hall–Kier alpha value is -4.86. The molecule has 3 aromatic rings. The van der Waals surface area contributed by atoms with Crippen molar-refractivity contribution < 1.29 is 29.2 Å². The lowest BCUT2D eigenvalue weighted by Crippen LogP contribution is -2.30. The van der Waals surface area contributed by atoms with E-state index in [9.17, 15) is 29.6 Å². The number of non-ortho nitro benzene ring substituents is 1. The van der Waals surface area contributed by atoms with Crippen molar-refractivity contribution in [2.45, 2.75) is 19.4 Å². The van der Waals surface area contributed by atoms with Crippen LogP contribution in [-0.2, 0) is 14.3 Å². The third-order valence-electron chi connectivity index (χ3n) is 5.56. The minimum Gasteiger partial charge on any atom is -0.507 e. The molecule has 0 aliphatic carbocycles. The van der Waals surface area contributed by atoms with E-state index in [2.05, 4.69) is 4.98 Å². The van der Waals surface area contributed by atoms with E-state index in [4.69, 9.17) is 4.74 Å². The number of esters is 1. The summed E-state index contributed by atoms with van der Waals surface area (Å²) in [6.07, 6.45) is 2.13. The molecule has 10 heteroatoms. The standard InChI is InChI=1S/C26H21N3O7/c1-2-14-36-26(33)17-6-5-7-19(15-17)28-22(20-8-3-4-13-27-20)21(24(31)25(28)32)23(30)16-9-11-18(12-10-16)29(34)35/h3-13,15,22,30H,2,14H2,1H3/b23-21+. The first kappa shape index (κ1) is 24.3. The van der Waals surface area contributed by atoms with Crippen molar-refractivity contribution in [1.82, 2.24) is 4.98 Å². The smallest absolute Gasteiger partial charge is 0.338 e. The van der Waals surface area contributed by atoms with E-state index < -0.39 is 34.4 Å². The SMILES string of the molecule is CCCOC(=O)c1cccc(N2C(=O)C(=O)/C(=C(/O)c3ccc([N+](=O)[O-])cc3)C2c2ccccn2)c1. The van der Waals surface area contributed by atoms with Gasteiger partial charge in [-0.25, -0.2) is 4.79 Å². The number of hydrogen-bond acceptors (Lipinski definition) is 8. The number of pyridine rings is 1.